The Kier molecular flexibility index (Phi) is 4.96. The standard InChI is InChI=1S/C14H15F3S/c1-4-7-8-10(5-2)12-9-11(6-3)18-13(12)14(15,16)17/h4-5,7-9H,2,6H2,1,3H3/b7-4-,10-8+. The summed E-state index contributed by atoms with van der Waals surface area (Å²) in [7, 11) is 0. The minimum absolute atomic E-state index is 0.220. The lowest BCUT2D eigenvalue weighted by Crippen LogP contribution is -2.04. The van der Waals surface area contributed by atoms with Crippen molar-refractivity contribution in [3.63, 3.8) is 0 Å². The summed E-state index contributed by atoms with van der Waals surface area (Å²) in [5.41, 5.74) is 0.717. The average Bonchev–Trinajstić information content (AvgIpc) is 2.74. The smallest absolute Gasteiger partial charge is 0.165 e. The molecule has 1 aromatic heterocycles. The Morgan fingerprint density at radius 1 is 1.44 bits per heavy atom. The van der Waals surface area contributed by atoms with Gasteiger partial charge in [0.25, 0.3) is 0 Å². The highest BCUT2D eigenvalue weighted by Gasteiger charge is 2.36. The number of allylic oxidation sites excluding steroid dienone is 5. The van der Waals surface area contributed by atoms with Crippen LogP contribution < -0.4 is 0 Å². The first kappa shape index (κ1) is 14.8. The summed E-state index contributed by atoms with van der Waals surface area (Å²) in [6, 6.07) is 1.60. The van der Waals surface area contributed by atoms with Gasteiger partial charge in [-0.05, 0) is 25.0 Å². The van der Waals surface area contributed by atoms with E-state index < -0.39 is 11.1 Å². The fourth-order valence-electron chi connectivity index (χ4n) is 1.51. The molecule has 0 saturated heterocycles. The molecule has 0 aliphatic heterocycles. The summed E-state index contributed by atoms with van der Waals surface area (Å²) in [5.74, 6) is 0. The van der Waals surface area contributed by atoms with Crippen LogP contribution in [0.25, 0.3) is 5.57 Å². The summed E-state index contributed by atoms with van der Waals surface area (Å²) >= 11 is 0.806. The van der Waals surface area contributed by atoms with Crippen LogP contribution in [0.2, 0.25) is 0 Å². The summed E-state index contributed by atoms with van der Waals surface area (Å²) in [5, 5.41) is 0. The molecular formula is C14H15F3S. The molecule has 0 spiro atoms. The molecular weight excluding hydrogens is 257 g/mol. The van der Waals surface area contributed by atoms with Crippen LogP contribution in [-0.2, 0) is 12.6 Å². The molecule has 0 fully saturated rings. The Morgan fingerprint density at radius 2 is 2.11 bits per heavy atom. The van der Waals surface area contributed by atoms with Crippen molar-refractivity contribution in [3.05, 3.63) is 52.3 Å². The lowest BCUT2D eigenvalue weighted by atomic mass is 10.1. The van der Waals surface area contributed by atoms with Gasteiger partial charge in [0.15, 0.2) is 0 Å². The van der Waals surface area contributed by atoms with E-state index in [1.807, 2.05) is 13.8 Å². The fourth-order valence-corrected chi connectivity index (χ4v) is 2.49. The summed E-state index contributed by atoms with van der Waals surface area (Å²) < 4.78 is 38.8. The number of hydrogen-bond acceptors (Lipinski definition) is 1. The van der Waals surface area contributed by atoms with E-state index >= 15 is 0 Å². The molecule has 1 aromatic rings. The van der Waals surface area contributed by atoms with Crippen molar-refractivity contribution in [2.24, 2.45) is 0 Å². The van der Waals surface area contributed by atoms with Crippen LogP contribution in [0.3, 0.4) is 0 Å². The SMILES string of the molecule is C=C/C(=C\C=C/C)c1cc(CC)sc1C(F)(F)F. The van der Waals surface area contributed by atoms with E-state index in [9.17, 15) is 13.2 Å². The Bertz CT molecular complexity index is 476. The van der Waals surface area contributed by atoms with Crippen LogP contribution in [-0.4, -0.2) is 0 Å². The molecule has 0 aliphatic carbocycles. The van der Waals surface area contributed by atoms with E-state index in [1.165, 1.54) is 6.08 Å². The molecule has 0 bridgehead atoms. The van der Waals surface area contributed by atoms with Crippen molar-refractivity contribution < 1.29 is 13.2 Å². The number of hydrogen-bond donors (Lipinski definition) is 0. The molecule has 0 radical (unpaired) electrons. The van der Waals surface area contributed by atoms with Gasteiger partial charge < -0.3 is 0 Å². The van der Waals surface area contributed by atoms with Gasteiger partial charge in [-0.1, -0.05) is 37.8 Å². The topological polar surface area (TPSA) is 0 Å². The van der Waals surface area contributed by atoms with Crippen molar-refractivity contribution >= 4 is 16.9 Å². The zero-order chi connectivity index (χ0) is 13.8. The van der Waals surface area contributed by atoms with Crippen molar-refractivity contribution in [2.45, 2.75) is 26.4 Å². The fraction of sp³-hybridized carbons (Fsp3) is 0.286. The molecule has 0 nitrogen and oxygen atoms in total. The number of thiophene rings is 1. The first-order valence-corrected chi connectivity index (χ1v) is 6.41. The lowest BCUT2D eigenvalue weighted by molar-refractivity contribution is -0.134. The number of rotatable bonds is 4. The number of alkyl halides is 3. The van der Waals surface area contributed by atoms with Gasteiger partial charge in [0.1, 0.15) is 4.88 Å². The van der Waals surface area contributed by atoms with Gasteiger partial charge in [-0.25, -0.2) is 0 Å². The third-order valence-corrected chi connectivity index (χ3v) is 3.71. The van der Waals surface area contributed by atoms with Crippen LogP contribution in [0.15, 0.2) is 36.9 Å². The molecule has 98 valence electrons. The van der Waals surface area contributed by atoms with E-state index in [0.29, 0.717) is 12.0 Å². The predicted molar refractivity (Wildman–Crippen MR) is 71.7 cm³/mol. The van der Waals surface area contributed by atoms with Gasteiger partial charge >= 0.3 is 6.18 Å². The molecule has 0 aliphatic rings. The second kappa shape index (κ2) is 6.05. The highest BCUT2D eigenvalue weighted by atomic mass is 32.1. The predicted octanol–water partition coefficient (Wildman–Crippen LogP) is 5.47. The highest BCUT2D eigenvalue weighted by molar-refractivity contribution is 7.12. The maximum absolute atomic E-state index is 12.9. The van der Waals surface area contributed by atoms with E-state index in [4.69, 9.17) is 0 Å². The van der Waals surface area contributed by atoms with Crippen LogP contribution in [0, 0.1) is 0 Å². The van der Waals surface area contributed by atoms with Crippen molar-refractivity contribution in [3.8, 4) is 0 Å². The molecule has 0 aromatic carbocycles. The minimum atomic E-state index is -4.31. The number of halogens is 3. The first-order chi connectivity index (χ1) is 8.43. The molecule has 1 rings (SSSR count). The van der Waals surface area contributed by atoms with Crippen LogP contribution in [0.1, 0.15) is 29.2 Å². The Morgan fingerprint density at radius 3 is 2.56 bits per heavy atom. The molecule has 0 N–H and O–H groups in total. The van der Waals surface area contributed by atoms with Gasteiger partial charge in [-0.15, -0.1) is 11.3 Å². The molecule has 1 heterocycles. The van der Waals surface area contributed by atoms with E-state index in [2.05, 4.69) is 6.58 Å². The zero-order valence-corrected chi connectivity index (χ0v) is 11.2. The normalized spacial score (nSPS) is 13.3. The zero-order valence-electron chi connectivity index (χ0n) is 10.3. The van der Waals surface area contributed by atoms with Crippen molar-refractivity contribution in [1.29, 1.82) is 0 Å². The average molecular weight is 272 g/mol. The summed E-state index contributed by atoms with van der Waals surface area (Å²) in [6.07, 6.45) is 2.86. The van der Waals surface area contributed by atoms with Gasteiger partial charge in [0, 0.05) is 10.4 Å². The maximum Gasteiger partial charge on any atom is 0.426 e. The Hall–Kier alpha value is -1.29. The van der Waals surface area contributed by atoms with Crippen molar-refractivity contribution in [1.82, 2.24) is 0 Å². The second-order valence-corrected chi connectivity index (χ2v) is 4.80. The molecule has 0 unspecified atom stereocenters. The summed E-state index contributed by atoms with van der Waals surface area (Å²) in [6.45, 7) is 7.24. The second-order valence-electron chi connectivity index (χ2n) is 3.66. The van der Waals surface area contributed by atoms with Crippen molar-refractivity contribution in [2.75, 3.05) is 0 Å². The quantitative estimate of drug-likeness (QED) is 0.637. The third-order valence-electron chi connectivity index (χ3n) is 2.39. The van der Waals surface area contributed by atoms with Gasteiger partial charge in [0.2, 0.25) is 0 Å². The lowest BCUT2D eigenvalue weighted by Gasteiger charge is -2.07. The van der Waals surface area contributed by atoms with E-state index in [1.54, 1.807) is 24.3 Å². The minimum Gasteiger partial charge on any atom is -0.165 e. The maximum atomic E-state index is 12.9. The number of aryl methyl sites for hydroxylation is 1. The molecule has 18 heavy (non-hydrogen) atoms. The summed E-state index contributed by atoms with van der Waals surface area (Å²) in [4.78, 5) is 0.181. The Balaban J connectivity index is 3.37. The molecule has 0 amide bonds. The third kappa shape index (κ3) is 3.35. The van der Waals surface area contributed by atoms with E-state index in [0.717, 1.165) is 16.2 Å². The van der Waals surface area contributed by atoms with Gasteiger partial charge in [-0.2, -0.15) is 13.2 Å². The van der Waals surface area contributed by atoms with Gasteiger partial charge in [-0.3, -0.25) is 0 Å². The molecule has 4 heteroatoms. The van der Waals surface area contributed by atoms with Crippen LogP contribution in [0.4, 0.5) is 13.2 Å². The molecule has 0 atom stereocenters. The Labute approximate surface area is 109 Å². The largest absolute Gasteiger partial charge is 0.426 e. The monoisotopic (exact) mass is 272 g/mol. The van der Waals surface area contributed by atoms with E-state index in [-0.39, 0.29) is 5.56 Å². The van der Waals surface area contributed by atoms with Gasteiger partial charge in [0.05, 0.1) is 0 Å². The van der Waals surface area contributed by atoms with Crippen LogP contribution in [0.5, 0.6) is 0 Å². The molecule has 0 saturated carbocycles. The highest BCUT2D eigenvalue weighted by Crippen LogP contribution is 2.41. The van der Waals surface area contributed by atoms with Crippen LogP contribution >= 0.6 is 11.3 Å². The first-order valence-electron chi connectivity index (χ1n) is 5.59.